The number of aromatic nitrogens is 10. The molecule has 4 fully saturated rings. The minimum Gasteiger partial charge on any atom is -0.444 e. The second kappa shape index (κ2) is 26.9. The van der Waals surface area contributed by atoms with Gasteiger partial charge in [-0.1, -0.05) is 65.8 Å². The molecular weight excluding hydrogens is 1240 g/mol. The van der Waals surface area contributed by atoms with Crippen LogP contribution in [0.25, 0.3) is 43.6 Å². The van der Waals surface area contributed by atoms with Gasteiger partial charge < -0.3 is 48.0 Å². The molecule has 8 aromatic rings. The minimum atomic E-state index is -0.666. The Kier molecular flexibility index (Phi) is 19.7. The average Bonchev–Trinajstić information content (AvgIpc) is 1.53. The number of halogens is 5. The highest BCUT2D eigenvalue weighted by atomic mass is 35.5. The van der Waals surface area contributed by atoms with Gasteiger partial charge in [0.1, 0.15) is 60.7 Å². The summed E-state index contributed by atoms with van der Waals surface area (Å²) in [4.78, 5) is 60.7. The first-order valence-corrected chi connectivity index (χ1v) is 32.1. The lowest BCUT2D eigenvalue weighted by molar-refractivity contribution is -0.0368. The highest BCUT2D eigenvalue weighted by Crippen LogP contribution is 2.45. The van der Waals surface area contributed by atoms with Gasteiger partial charge in [0.2, 0.25) is 11.8 Å². The fourth-order valence-corrected chi connectivity index (χ4v) is 11.9. The molecule has 22 nitrogen and oxygen atoms in total. The summed E-state index contributed by atoms with van der Waals surface area (Å²) in [6.07, 6.45) is 12.8. The van der Waals surface area contributed by atoms with Gasteiger partial charge in [0.15, 0.2) is 34.3 Å². The van der Waals surface area contributed by atoms with Gasteiger partial charge in [-0.05, 0) is 105 Å². The van der Waals surface area contributed by atoms with Gasteiger partial charge in [-0.3, -0.25) is 0 Å². The molecule has 2 aromatic carbocycles. The van der Waals surface area contributed by atoms with Crippen LogP contribution in [-0.4, -0.2) is 161 Å². The number of amides is 2. The van der Waals surface area contributed by atoms with Crippen LogP contribution in [0.5, 0.6) is 23.3 Å². The number of ether oxygens (including phenoxy) is 6. The summed E-state index contributed by atoms with van der Waals surface area (Å²) >= 11 is 22.2. The third-order valence-corrected chi connectivity index (χ3v) is 16.7. The van der Waals surface area contributed by atoms with E-state index in [1.54, 1.807) is 43.8 Å². The van der Waals surface area contributed by atoms with Crippen LogP contribution in [0.15, 0.2) is 53.2 Å². The van der Waals surface area contributed by atoms with Crippen molar-refractivity contribution >= 4 is 126 Å². The Labute approximate surface area is 531 Å². The number of carbonyl (C=O) groups is 2. The maximum Gasteiger partial charge on any atom is 0.410 e. The number of anilines is 2. The van der Waals surface area contributed by atoms with Gasteiger partial charge in [0.05, 0.1) is 45.0 Å². The third-order valence-electron chi connectivity index (χ3n) is 14.7. The number of carbonyl (C=O) groups excluding carboxylic acids is 2. The van der Waals surface area contributed by atoms with Crippen molar-refractivity contribution in [1.82, 2.24) is 59.3 Å². The second-order valence-corrected chi connectivity index (χ2v) is 25.7. The molecule has 2 amide bonds. The molecule has 2 atom stereocenters. The van der Waals surface area contributed by atoms with E-state index in [1.165, 1.54) is 35.7 Å². The van der Waals surface area contributed by atoms with E-state index in [4.69, 9.17) is 83.2 Å². The monoisotopic (exact) mass is 1310 g/mol. The van der Waals surface area contributed by atoms with E-state index in [9.17, 15) is 9.59 Å². The quantitative estimate of drug-likeness (QED) is 0.0706. The Bertz CT molecular complexity index is 3880. The van der Waals surface area contributed by atoms with Crippen molar-refractivity contribution in [3.8, 4) is 23.3 Å². The minimum absolute atomic E-state index is 0. The van der Waals surface area contributed by atoms with Crippen LogP contribution in [0.4, 0.5) is 30.0 Å². The zero-order chi connectivity index (χ0) is 61.5. The van der Waals surface area contributed by atoms with E-state index in [2.05, 4.69) is 30.0 Å². The zero-order valence-corrected chi connectivity index (χ0v) is 53.1. The molecule has 0 radical (unpaired) electrons. The first kappa shape index (κ1) is 64.4. The number of piperazine rings is 2. The SMILES string of the molecule is C.CSc1nc(N2CCN(C(=O)OC(C)(C)C)CC2)c2cc(Cl)nc(Oc3c(Cl)c(F)cc4c3cnn4C3CCCCO3)c2n1.CSc1nc(N2CCN(C(=O)OC(C)(C)C)CC2)c2ccnc(Oc3c(Cl)c(F)cc4c3cnn4C3CCCCO3)c2n1. The lowest BCUT2D eigenvalue weighted by atomic mass is 10.2. The Morgan fingerprint density at radius 2 is 1.03 bits per heavy atom. The first-order valence-electron chi connectivity index (χ1n) is 28.5. The van der Waals surface area contributed by atoms with E-state index in [1.807, 2.05) is 60.1 Å². The molecule has 4 aliphatic heterocycles. The van der Waals surface area contributed by atoms with Gasteiger partial charge in [-0.2, -0.15) is 15.2 Å². The molecule has 6 aromatic heterocycles. The second-order valence-electron chi connectivity index (χ2n) is 23.0. The van der Waals surface area contributed by atoms with Crippen molar-refractivity contribution in [2.24, 2.45) is 0 Å². The predicted octanol–water partition coefficient (Wildman–Crippen LogP) is 14.2. The zero-order valence-electron chi connectivity index (χ0n) is 49.2. The molecule has 0 saturated carbocycles. The fraction of sp³-hybridized carbons (Fsp3) is 0.492. The van der Waals surface area contributed by atoms with Crippen LogP contribution in [0.1, 0.15) is 99.9 Å². The summed E-state index contributed by atoms with van der Waals surface area (Å²) in [5.74, 6) is 0.394. The molecule has 470 valence electrons. The molecule has 12 rings (SSSR count). The van der Waals surface area contributed by atoms with Gasteiger partial charge in [0.25, 0.3) is 0 Å². The average molecular weight is 1310 g/mol. The van der Waals surface area contributed by atoms with E-state index >= 15 is 8.78 Å². The molecule has 29 heteroatoms. The molecule has 4 saturated heterocycles. The number of benzene rings is 2. The molecule has 0 spiro atoms. The topological polar surface area (TPSA) is 215 Å². The molecule has 2 unspecified atom stereocenters. The number of fused-ring (bicyclic) bond motifs is 4. The summed E-state index contributed by atoms with van der Waals surface area (Å²) in [5.41, 5.74) is 0.711. The Hall–Kier alpha value is -6.55. The molecule has 88 heavy (non-hydrogen) atoms. The molecular formula is C59H69Cl3F2N14O8S2. The van der Waals surface area contributed by atoms with E-state index in [-0.39, 0.29) is 70.5 Å². The van der Waals surface area contributed by atoms with E-state index < -0.39 is 22.8 Å². The van der Waals surface area contributed by atoms with Crippen molar-refractivity contribution < 1.29 is 46.8 Å². The maximum absolute atomic E-state index is 15.2. The van der Waals surface area contributed by atoms with Crippen molar-refractivity contribution in [1.29, 1.82) is 0 Å². The first-order chi connectivity index (χ1) is 41.6. The Morgan fingerprint density at radius 3 is 1.47 bits per heavy atom. The van der Waals surface area contributed by atoms with Crippen LogP contribution >= 0.6 is 58.3 Å². The summed E-state index contributed by atoms with van der Waals surface area (Å²) < 4.78 is 69.2. The number of rotatable bonds is 10. The highest BCUT2D eigenvalue weighted by molar-refractivity contribution is 7.98. The van der Waals surface area contributed by atoms with Gasteiger partial charge in [-0.15, -0.1) is 0 Å². The molecule has 0 bridgehead atoms. The lowest BCUT2D eigenvalue weighted by Crippen LogP contribution is -2.50. The number of pyridine rings is 2. The fourth-order valence-electron chi connectivity index (χ4n) is 10.6. The summed E-state index contributed by atoms with van der Waals surface area (Å²) in [5, 5.41) is 12.1. The summed E-state index contributed by atoms with van der Waals surface area (Å²) in [6.45, 7) is 16.3. The Morgan fingerprint density at radius 1 is 0.591 bits per heavy atom. The number of hydrogen-bond donors (Lipinski definition) is 0. The lowest BCUT2D eigenvalue weighted by Gasteiger charge is -2.36. The van der Waals surface area contributed by atoms with Gasteiger partial charge in [0, 0.05) is 83.9 Å². The van der Waals surface area contributed by atoms with E-state index in [0.717, 1.165) is 38.5 Å². The molecule has 0 N–H and O–H groups in total. The van der Waals surface area contributed by atoms with Crippen LogP contribution in [0.3, 0.4) is 0 Å². The molecule has 4 aliphatic rings. The van der Waals surface area contributed by atoms with Crippen molar-refractivity contribution in [2.45, 2.75) is 121 Å². The van der Waals surface area contributed by atoms with Gasteiger partial charge >= 0.3 is 12.2 Å². The number of thioether (sulfide) groups is 2. The van der Waals surface area contributed by atoms with Crippen LogP contribution in [-0.2, 0) is 18.9 Å². The number of nitrogens with zero attached hydrogens (tertiary/aromatic N) is 14. The maximum atomic E-state index is 15.2. The van der Waals surface area contributed by atoms with Crippen LogP contribution in [0, 0.1) is 11.6 Å². The summed E-state index contributed by atoms with van der Waals surface area (Å²) in [7, 11) is 0. The highest BCUT2D eigenvalue weighted by Gasteiger charge is 2.32. The van der Waals surface area contributed by atoms with Crippen molar-refractivity contribution in [3.63, 3.8) is 0 Å². The Balaban J connectivity index is 0.000000192. The van der Waals surface area contributed by atoms with Crippen LogP contribution in [0.2, 0.25) is 15.2 Å². The van der Waals surface area contributed by atoms with Crippen molar-refractivity contribution in [2.75, 3.05) is 87.9 Å². The summed E-state index contributed by atoms with van der Waals surface area (Å²) in [6, 6.07) is 6.19. The molecule has 0 aliphatic carbocycles. The standard InChI is InChI=1S/C29H32Cl2FN7O4S.C29H33ClFN7O4S.CH4/c1-29(2,3)43-28(40)38-10-8-37(9-11-38)25-16-13-20(30)34-26(23(16)35-27(36-25)44-4)42-24-17-15-33-39(21-7-5-6-12-41-21)19(17)14-18(32)22(24)31;1-29(2,3)42-28(39)37-12-10-36(11-13-37)25-17-8-9-32-26(23(17)34-27(35-25)43-4)41-24-18-16-33-38(21-7-5-6-14-40-21)20(18)15-19(31)22(24)30;/h13-15,21H,5-12H2,1-4H3;8-9,15-16,21H,5-7,10-14H2,1-4H3;1H4. The largest absolute Gasteiger partial charge is 0.444 e. The predicted molar refractivity (Wildman–Crippen MR) is 337 cm³/mol. The van der Waals surface area contributed by atoms with Gasteiger partial charge in [-0.25, -0.2) is 52.7 Å². The third kappa shape index (κ3) is 13.9. The van der Waals surface area contributed by atoms with Crippen LogP contribution < -0.4 is 19.3 Å². The van der Waals surface area contributed by atoms with E-state index in [0.29, 0.717) is 131 Å². The number of hydrogen-bond acceptors (Lipinski definition) is 20. The smallest absolute Gasteiger partial charge is 0.410 e. The normalized spacial score (nSPS) is 17.7. The molecule has 10 heterocycles. The van der Waals surface area contributed by atoms with Crippen molar-refractivity contribution in [3.05, 3.63) is 69.7 Å².